The first-order chi connectivity index (χ1) is 10.0. The van der Waals surface area contributed by atoms with E-state index in [-0.39, 0.29) is 11.9 Å². The van der Waals surface area contributed by atoms with E-state index in [2.05, 4.69) is 10.1 Å². The van der Waals surface area contributed by atoms with E-state index in [1.807, 2.05) is 0 Å². The van der Waals surface area contributed by atoms with Crippen molar-refractivity contribution in [2.75, 3.05) is 31.8 Å². The number of nitrogens with one attached hydrogen (secondary N) is 1. The highest BCUT2D eigenvalue weighted by Gasteiger charge is 2.13. The average molecular weight is 320 g/mol. The van der Waals surface area contributed by atoms with Gasteiger partial charge in [-0.25, -0.2) is 0 Å². The molecule has 0 rings (SSSR count). The first-order valence-corrected chi connectivity index (χ1v) is 8.00. The fourth-order valence-electron chi connectivity index (χ4n) is 1.39. The minimum atomic E-state index is -0.643. The van der Waals surface area contributed by atoms with E-state index < -0.39 is 12.0 Å². The van der Waals surface area contributed by atoms with Gasteiger partial charge in [-0.15, -0.1) is 0 Å². The maximum Gasteiger partial charge on any atom is 0.322 e. The third-order valence-electron chi connectivity index (χ3n) is 2.50. The number of esters is 2. The Balaban J connectivity index is 3.51. The summed E-state index contributed by atoms with van der Waals surface area (Å²) in [6.45, 7) is 2.57. The zero-order valence-electron chi connectivity index (χ0n) is 12.6. The van der Waals surface area contributed by atoms with Crippen LogP contribution in [0.5, 0.6) is 0 Å². The summed E-state index contributed by atoms with van der Waals surface area (Å²) in [5.74, 6) is 0.104. The summed E-state index contributed by atoms with van der Waals surface area (Å²) in [7, 11) is 1.29. The Morgan fingerprint density at radius 1 is 1.33 bits per heavy atom. The van der Waals surface area contributed by atoms with Crippen LogP contribution in [0.2, 0.25) is 0 Å². The van der Waals surface area contributed by atoms with Crippen molar-refractivity contribution in [2.45, 2.75) is 32.2 Å². The summed E-state index contributed by atoms with van der Waals surface area (Å²) < 4.78 is 9.28. The summed E-state index contributed by atoms with van der Waals surface area (Å²) in [6, 6.07) is -0.643. The molecule has 0 saturated carbocycles. The maximum absolute atomic E-state index is 11.5. The fourth-order valence-corrected chi connectivity index (χ4v) is 2.24. The van der Waals surface area contributed by atoms with Crippen molar-refractivity contribution < 1.29 is 23.9 Å². The highest BCUT2D eigenvalue weighted by Crippen LogP contribution is 2.04. The molecule has 0 aromatic heterocycles. The number of rotatable bonds is 11. The number of hydrogen-bond donors (Lipinski definition) is 2. The van der Waals surface area contributed by atoms with Gasteiger partial charge in [-0.2, -0.15) is 11.8 Å². The van der Waals surface area contributed by atoms with Gasteiger partial charge in [-0.05, 0) is 25.5 Å². The second kappa shape index (κ2) is 12.5. The molecule has 0 heterocycles. The van der Waals surface area contributed by atoms with Gasteiger partial charge in [-0.3, -0.25) is 14.4 Å². The zero-order chi connectivity index (χ0) is 16.1. The molecule has 8 heteroatoms. The monoisotopic (exact) mass is 320 g/mol. The van der Waals surface area contributed by atoms with Gasteiger partial charge >= 0.3 is 11.9 Å². The Morgan fingerprint density at radius 3 is 2.67 bits per heavy atom. The molecule has 0 aromatic carbocycles. The summed E-state index contributed by atoms with van der Waals surface area (Å²) in [5.41, 5.74) is 5.56. The Morgan fingerprint density at radius 2 is 2.05 bits per heavy atom. The van der Waals surface area contributed by atoms with Crippen LogP contribution in [0, 0.1) is 0 Å². The maximum atomic E-state index is 11.5. The third-order valence-corrected chi connectivity index (χ3v) is 3.49. The van der Waals surface area contributed by atoms with Gasteiger partial charge in [0.1, 0.15) is 6.04 Å². The molecule has 0 aromatic rings. The fraction of sp³-hybridized carbons (Fsp3) is 0.769. The molecule has 0 aliphatic rings. The first-order valence-electron chi connectivity index (χ1n) is 6.84. The highest BCUT2D eigenvalue weighted by molar-refractivity contribution is 7.99. The van der Waals surface area contributed by atoms with Crippen molar-refractivity contribution in [1.82, 2.24) is 5.32 Å². The van der Waals surface area contributed by atoms with Crippen LogP contribution in [0.4, 0.5) is 0 Å². The number of hydrogen-bond acceptors (Lipinski definition) is 7. The second-order valence-electron chi connectivity index (χ2n) is 4.23. The van der Waals surface area contributed by atoms with E-state index in [0.717, 1.165) is 0 Å². The van der Waals surface area contributed by atoms with Crippen LogP contribution < -0.4 is 11.1 Å². The van der Waals surface area contributed by atoms with Crippen LogP contribution in [0.15, 0.2) is 0 Å². The van der Waals surface area contributed by atoms with E-state index >= 15 is 0 Å². The number of methoxy groups -OCH3 is 1. The Labute approximate surface area is 129 Å². The van der Waals surface area contributed by atoms with Crippen LogP contribution in [0.3, 0.4) is 0 Å². The lowest BCUT2D eigenvalue weighted by Gasteiger charge is -2.08. The minimum absolute atomic E-state index is 0.101. The van der Waals surface area contributed by atoms with Crippen LogP contribution in [0.25, 0.3) is 0 Å². The molecule has 1 unspecified atom stereocenters. The van der Waals surface area contributed by atoms with Gasteiger partial charge in [0, 0.05) is 13.0 Å². The molecule has 0 aliphatic carbocycles. The topological polar surface area (TPSA) is 108 Å². The lowest BCUT2D eigenvalue weighted by atomic mass is 10.2. The smallest absolute Gasteiger partial charge is 0.322 e. The molecule has 0 spiro atoms. The van der Waals surface area contributed by atoms with E-state index in [9.17, 15) is 14.4 Å². The molecule has 0 aliphatic heterocycles. The molecule has 1 atom stereocenters. The van der Waals surface area contributed by atoms with Crippen molar-refractivity contribution in [3.8, 4) is 0 Å². The molecule has 3 N–H and O–H groups in total. The van der Waals surface area contributed by atoms with Crippen molar-refractivity contribution in [3.05, 3.63) is 0 Å². The lowest BCUT2D eigenvalue weighted by molar-refractivity contribution is -0.143. The molecule has 122 valence electrons. The molecular weight excluding hydrogens is 296 g/mol. The van der Waals surface area contributed by atoms with Gasteiger partial charge in [0.15, 0.2) is 0 Å². The Hall–Kier alpha value is -1.28. The standard InChI is InChI=1S/C13H24N2O5S/c1-3-20-12(17)5-4-7-15-11(16)9-21-8-6-10(14)13(18)19-2/h10H,3-9,14H2,1-2H3,(H,15,16). The van der Waals surface area contributed by atoms with Gasteiger partial charge in [0.05, 0.1) is 19.5 Å². The third kappa shape index (κ3) is 11.1. The van der Waals surface area contributed by atoms with Crippen LogP contribution in [0.1, 0.15) is 26.2 Å². The highest BCUT2D eigenvalue weighted by atomic mass is 32.2. The lowest BCUT2D eigenvalue weighted by Crippen LogP contribution is -2.32. The predicted octanol–water partition coefficient (Wildman–Crippen LogP) is 0.0695. The van der Waals surface area contributed by atoms with Crippen LogP contribution in [-0.2, 0) is 23.9 Å². The summed E-state index contributed by atoms with van der Waals surface area (Å²) >= 11 is 1.40. The average Bonchev–Trinajstić information content (AvgIpc) is 2.47. The largest absolute Gasteiger partial charge is 0.468 e. The van der Waals surface area contributed by atoms with E-state index in [1.54, 1.807) is 6.92 Å². The number of carbonyl (C=O) groups is 3. The molecule has 0 bridgehead atoms. The number of carbonyl (C=O) groups excluding carboxylic acids is 3. The molecule has 0 radical (unpaired) electrons. The van der Waals surface area contributed by atoms with Crippen molar-refractivity contribution in [3.63, 3.8) is 0 Å². The van der Waals surface area contributed by atoms with Crippen molar-refractivity contribution in [2.24, 2.45) is 5.73 Å². The minimum Gasteiger partial charge on any atom is -0.468 e. The summed E-state index contributed by atoms with van der Waals surface area (Å²) in [5, 5.41) is 2.71. The number of amides is 1. The SMILES string of the molecule is CCOC(=O)CCCNC(=O)CSCCC(N)C(=O)OC. The quantitative estimate of drug-likeness (QED) is 0.409. The molecule has 1 amide bonds. The molecule has 0 saturated heterocycles. The van der Waals surface area contributed by atoms with E-state index in [0.29, 0.717) is 43.9 Å². The predicted molar refractivity (Wildman–Crippen MR) is 80.8 cm³/mol. The molecular formula is C13H24N2O5S. The van der Waals surface area contributed by atoms with Crippen LogP contribution >= 0.6 is 11.8 Å². The van der Waals surface area contributed by atoms with Gasteiger partial charge in [-0.1, -0.05) is 0 Å². The zero-order valence-corrected chi connectivity index (χ0v) is 13.4. The Bertz CT molecular complexity index is 339. The normalized spacial score (nSPS) is 11.6. The molecule has 21 heavy (non-hydrogen) atoms. The van der Waals surface area contributed by atoms with E-state index in [4.69, 9.17) is 10.5 Å². The first kappa shape index (κ1) is 19.7. The van der Waals surface area contributed by atoms with Crippen molar-refractivity contribution in [1.29, 1.82) is 0 Å². The Kier molecular flexibility index (Phi) is 11.7. The summed E-state index contributed by atoms with van der Waals surface area (Å²) in [6.07, 6.45) is 1.32. The van der Waals surface area contributed by atoms with Crippen molar-refractivity contribution >= 4 is 29.6 Å². The number of ether oxygens (including phenoxy) is 2. The van der Waals surface area contributed by atoms with Gasteiger partial charge < -0.3 is 20.5 Å². The van der Waals surface area contributed by atoms with Gasteiger partial charge in [0.2, 0.25) is 5.91 Å². The van der Waals surface area contributed by atoms with E-state index in [1.165, 1.54) is 18.9 Å². The number of thioether (sulfide) groups is 1. The second-order valence-corrected chi connectivity index (χ2v) is 5.33. The summed E-state index contributed by atoms with van der Waals surface area (Å²) in [4.78, 5) is 33.6. The number of nitrogens with two attached hydrogens (primary N) is 1. The van der Waals surface area contributed by atoms with Gasteiger partial charge in [0.25, 0.3) is 0 Å². The molecule has 0 fully saturated rings. The van der Waals surface area contributed by atoms with Crippen LogP contribution in [-0.4, -0.2) is 55.7 Å². The molecule has 7 nitrogen and oxygen atoms in total.